The highest BCUT2D eigenvalue weighted by Gasteiger charge is 2.32. The van der Waals surface area contributed by atoms with Crippen molar-refractivity contribution < 1.29 is 0 Å². The van der Waals surface area contributed by atoms with Crippen LogP contribution in [0.1, 0.15) is 25.3 Å². The van der Waals surface area contributed by atoms with E-state index >= 15 is 0 Å². The molecule has 1 atom stereocenters. The number of guanidine groups is 1. The van der Waals surface area contributed by atoms with E-state index in [1.165, 1.54) is 12.8 Å². The SMILES string of the molecule is CCNC(=NCc1ccccc1Cl)NCC(C1CC1)N(C)C.I. The normalized spacial score (nSPS) is 16.0. The molecule has 0 amide bonds. The summed E-state index contributed by atoms with van der Waals surface area (Å²) in [4.78, 5) is 6.95. The molecule has 1 saturated carbocycles. The quantitative estimate of drug-likeness (QED) is 0.380. The molecule has 0 heterocycles. The zero-order chi connectivity index (χ0) is 15.9. The van der Waals surface area contributed by atoms with Gasteiger partial charge < -0.3 is 15.5 Å². The molecule has 0 saturated heterocycles. The molecule has 1 aromatic carbocycles. The van der Waals surface area contributed by atoms with Gasteiger partial charge in [-0.1, -0.05) is 29.8 Å². The van der Waals surface area contributed by atoms with Crippen LogP contribution < -0.4 is 10.6 Å². The highest BCUT2D eigenvalue weighted by molar-refractivity contribution is 14.0. The first-order chi connectivity index (χ1) is 10.6. The summed E-state index contributed by atoms with van der Waals surface area (Å²) < 4.78 is 0. The number of halogens is 2. The van der Waals surface area contributed by atoms with Crippen LogP contribution in [-0.4, -0.2) is 44.1 Å². The van der Waals surface area contributed by atoms with Crippen LogP contribution >= 0.6 is 35.6 Å². The summed E-state index contributed by atoms with van der Waals surface area (Å²) in [5.41, 5.74) is 1.05. The van der Waals surface area contributed by atoms with Gasteiger partial charge in [0.05, 0.1) is 6.54 Å². The molecule has 1 aromatic rings. The Labute approximate surface area is 162 Å². The van der Waals surface area contributed by atoms with Crippen LogP contribution in [0.15, 0.2) is 29.3 Å². The number of nitrogens with zero attached hydrogens (tertiary/aromatic N) is 2. The van der Waals surface area contributed by atoms with E-state index in [0.29, 0.717) is 12.6 Å². The Hall–Kier alpha value is -0.530. The van der Waals surface area contributed by atoms with Gasteiger partial charge in [0.25, 0.3) is 0 Å². The number of nitrogens with one attached hydrogen (secondary N) is 2. The maximum absolute atomic E-state index is 6.19. The number of hydrogen-bond donors (Lipinski definition) is 2. The molecule has 6 heteroatoms. The lowest BCUT2D eigenvalue weighted by Crippen LogP contribution is -2.46. The third kappa shape index (κ3) is 6.85. The summed E-state index contributed by atoms with van der Waals surface area (Å²) in [5.74, 6) is 1.68. The van der Waals surface area contributed by atoms with Gasteiger partial charge in [-0.2, -0.15) is 0 Å². The summed E-state index contributed by atoms with van der Waals surface area (Å²) in [6, 6.07) is 8.43. The van der Waals surface area contributed by atoms with Crippen molar-refractivity contribution in [2.75, 3.05) is 27.2 Å². The van der Waals surface area contributed by atoms with E-state index in [-0.39, 0.29) is 24.0 Å². The van der Waals surface area contributed by atoms with Crippen LogP contribution in [-0.2, 0) is 6.54 Å². The first-order valence-corrected chi connectivity index (χ1v) is 8.41. The van der Waals surface area contributed by atoms with E-state index in [0.717, 1.165) is 35.6 Å². The molecule has 0 aromatic heterocycles. The summed E-state index contributed by atoms with van der Waals surface area (Å²) in [5, 5.41) is 7.54. The van der Waals surface area contributed by atoms with E-state index < -0.39 is 0 Å². The molecule has 2 N–H and O–H groups in total. The minimum absolute atomic E-state index is 0. The van der Waals surface area contributed by atoms with Gasteiger partial charge in [-0.05, 0) is 51.4 Å². The van der Waals surface area contributed by atoms with E-state index in [1.54, 1.807) is 0 Å². The van der Waals surface area contributed by atoms with Crippen molar-refractivity contribution in [1.82, 2.24) is 15.5 Å². The van der Waals surface area contributed by atoms with Crippen molar-refractivity contribution in [2.24, 2.45) is 10.9 Å². The number of rotatable bonds is 7. The fourth-order valence-electron chi connectivity index (χ4n) is 2.59. The van der Waals surface area contributed by atoms with Gasteiger partial charge >= 0.3 is 0 Å². The van der Waals surface area contributed by atoms with E-state index in [9.17, 15) is 0 Å². The lowest BCUT2D eigenvalue weighted by atomic mass is 10.1. The van der Waals surface area contributed by atoms with Gasteiger partial charge in [0.2, 0.25) is 0 Å². The van der Waals surface area contributed by atoms with E-state index in [4.69, 9.17) is 11.6 Å². The number of aliphatic imine (C=N–C) groups is 1. The first kappa shape index (κ1) is 20.5. The Bertz CT molecular complexity index is 501. The smallest absolute Gasteiger partial charge is 0.191 e. The van der Waals surface area contributed by atoms with Crippen LogP contribution in [0, 0.1) is 5.92 Å². The zero-order valence-electron chi connectivity index (χ0n) is 14.2. The highest BCUT2D eigenvalue weighted by atomic mass is 127. The molecule has 0 aliphatic heterocycles. The number of likely N-dealkylation sites (N-methyl/N-ethyl adjacent to an activating group) is 1. The molecule has 1 unspecified atom stereocenters. The van der Waals surface area contributed by atoms with Gasteiger partial charge in [-0.25, -0.2) is 4.99 Å². The zero-order valence-corrected chi connectivity index (χ0v) is 17.3. The molecule has 1 aliphatic rings. The monoisotopic (exact) mass is 450 g/mol. The average Bonchev–Trinajstić information content (AvgIpc) is 3.30. The average molecular weight is 451 g/mol. The molecule has 2 rings (SSSR count). The van der Waals surface area contributed by atoms with Crippen molar-refractivity contribution in [3.63, 3.8) is 0 Å². The van der Waals surface area contributed by atoms with Gasteiger partial charge in [0, 0.05) is 24.2 Å². The largest absolute Gasteiger partial charge is 0.357 e. The minimum atomic E-state index is 0. The summed E-state index contributed by atoms with van der Waals surface area (Å²) >= 11 is 6.19. The Morgan fingerprint density at radius 2 is 2.00 bits per heavy atom. The lowest BCUT2D eigenvalue weighted by Gasteiger charge is -2.25. The van der Waals surface area contributed by atoms with Crippen LogP contribution in [0.25, 0.3) is 0 Å². The van der Waals surface area contributed by atoms with Crippen LogP contribution in [0.5, 0.6) is 0 Å². The molecule has 0 radical (unpaired) electrons. The van der Waals surface area contributed by atoms with Crippen LogP contribution in [0.2, 0.25) is 5.02 Å². The van der Waals surface area contributed by atoms with Crippen molar-refractivity contribution in [2.45, 2.75) is 32.4 Å². The molecule has 1 fully saturated rings. The van der Waals surface area contributed by atoms with Gasteiger partial charge in [-0.3, -0.25) is 0 Å². The predicted molar refractivity (Wildman–Crippen MR) is 110 cm³/mol. The topological polar surface area (TPSA) is 39.7 Å². The molecule has 4 nitrogen and oxygen atoms in total. The maximum Gasteiger partial charge on any atom is 0.191 e. The summed E-state index contributed by atoms with van der Waals surface area (Å²) in [6.45, 7) is 4.44. The summed E-state index contributed by atoms with van der Waals surface area (Å²) in [7, 11) is 4.30. The number of hydrogen-bond acceptors (Lipinski definition) is 2. The maximum atomic E-state index is 6.19. The predicted octanol–water partition coefficient (Wildman–Crippen LogP) is 3.35. The fraction of sp³-hybridized carbons (Fsp3) is 0.588. The van der Waals surface area contributed by atoms with Crippen molar-refractivity contribution >= 4 is 41.5 Å². The Morgan fingerprint density at radius 1 is 1.30 bits per heavy atom. The molecule has 1 aliphatic carbocycles. The highest BCUT2D eigenvalue weighted by Crippen LogP contribution is 2.34. The Kier molecular flexibility index (Phi) is 9.24. The van der Waals surface area contributed by atoms with E-state index in [1.807, 2.05) is 24.3 Å². The first-order valence-electron chi connectivity index (χ1n) is 8.03. The third-order valence-electron chi connectivity index (χ3n) is 4.02. The van der Waals surface area contributed by atoms with Crippen molar-refractivity contribution in [3.05, 3.63) is 34.9 Å². The van der Waals surface area contributed by atoms with Crippen LogP contribution in [0.4, 0.5) is 0 Å². The summed E-state index contributed by atoms with van der Waals surface area (Å²) in [6.07, 6.45) is 2.69. The standard InChI is InChI=1S/C17H27ClN4.HI/c1-4-19-17(20-11-14-7-5-6-8-15(14)18)21-12-16(22(2)3)13-9-10-13;/h5-8,13,16H,4,9-12H2,1-3H3,(H2,19,20,21);1H. The Balaban J connectivity index is 0.00000264. The van der Waals surface area contributed by atoms with Gasteiger partial charge in [0.1, 0.15) is 0 Å². The second-order valence-corrected chi connectivity index (χ2v) is 6.44. The molecular weight excluding hydrogens is 423 g/mol. The molecule has 0 bridgehead atoms. The Morgan fingerprint density at radius 3 is 2.57 bits per heavy atom. The van der Waals surface area contributed by atoms with Gasteiger partial charge in [-0.15, -0.1) is 24.0 Å². The second kappa shape index (κ2) is 10.4. The molecule has 130 valence electrons. The molecule has 0 spiro atoms. The minimum Gasteiger partial charge on any atom is -0.357 e. The van der Waals surface area contributed by atoms with Crippen LogP contribution in [0.3, 0.4) is 0 Å². The molecular formula is C17H28ClIN4. The van der Waals surface area contributed by atoms with E-state index in [2.05, 4.69) is 41.5 Å². The second-order valence-electron chi connectivity index (χ2n) is 6.04. The fourth-order valence-corrected chi connectivity index (χ4v) is 2.78. The lowest BCUT2D eigenvalue weighted by molar-refractivity contribution is 0.264. The van der Waals surface area contributed by atoms with Crippen molar-refractivity contribution in [3.8, 4) is 0 Å². The van der Waals surface area contributed by atoms with Crippen molar-refractivity contribution in [1.29, 1.82) is 0 Å². The third-order valence-corrected chi connectivity index (χ3v) is 4.39. The van der Waals surface area contributed by atoms with Gasteiger partial charge in [0.15, 0.2) is 5.96 Å². The molecule has 23 heavy (non-hydrogen) atoms. The number of benzene rings is 1.